The van der Waals surface area contributed by atoms with Crippen molar-refractivity contribution < 1.29 is 14.6 Å². The number of rotatable bonds is 4. The average Bonchev–Trinajstić information content (AvgIpc) is 3.02. The fraction of sp³-hybridized carbons (Fsp3) is 0.706. The Labute approximate surface area is 142 Å². The number of nitrogens with zero attached hydrogens (tertiary/aromatic N) is 3. The van der Waals surface area contributed by atoms with E-state index in [4.69, 9.17) is 9.47 Å². The van der Waals surface area contributed by atoms with Crippen molar-refractivity contribution >= 4 is 0 Å². The quantitative estimate of drug-likeness (QED) is 0.752. The Bertz CT molecular complexity index is 538. The highest BCUT2D eigenvalue weighted by Crippen LogP contribution is 2.32. The van der Waals surface area contributed by atoms with E-state index in [1.165, 1.54) is 0 Å². The fourth-order valence-electron chi connectivity index (χ4n) is 3.89. The van der Waals surface area contributed by atoms with Gasteiger partial charge in [-0.2, -0.15) is 0 Å². The first-order valence-corrected chi connectivity index (χ1v) is 8.73. The van der Waals surface area contributed by atoms with Crippen LogP contribution >= 0.6 is 0 Å². The predicted molar refractivity (Wildman–Crippen MR) is 88.3 cm³/mol. The lowest BCUT2D eigenvalue weighted by Crippen LogP contribution is -2.66. The van der Waals surface area contributed by atoms with Crippen molar-refractivity contribution in [1.29, 1.82) is 0 Å². The van der Waals surface area contributed by atoms with Crippen molar-refractivity contribution in [1.82, 2.24) is 20.1 Å². The molecule has 4 rings (SSSR count). The maximum Gasteiger partial charge on any atom is 0.176 e. The van der Waals surface area contributed by atoms with E-state index < -0.39 is 6.10 Å². The SMILES string of the molecule is CN1CCN(C2C3OCC(O3)C(NCc3ccccn3)C2O)CC1. The first-order chi connectivity index (χ1) is 11.7. The molecule has 7 heteroatoms. The van der Waals surface area contributed by atoms with Gasteiger partial charge in [-0.05, 0) is 19.2 Å². The Kier molecular flexibility index (Phi) is 4.80. The number of hydrogen-bond acceptors (Lipinski definition) is 7. The van der Waals surface area contributed by atoms with Gasteiger partial charge < -0.3 is 24.8 Å². The van der Waals surface area contributed by atoms with Crippen LogP contribution in [0.2, 0.25) is 0 Å². The van der Waals surface area contributed by atoms with Gasteiger partial charge in [-0.1, -0.05) is 6.07 Å². The molecule has 132 valence electrons. The number of aromatic nitrogens is 1. The van der Waals surface area contributed by atoms with Gasteiger partial charge in [0.1, 0.15) is 6.10 Å². The molecule has 0 aromatic carbocycles. The van der Waals surface area contributed by atoms with Crippen molar-refractivity contribution in [2.75, 3.05) is 39.8 Å². The van der Waals surface area contributed by atoms with Crippen molar-refractivity contribution in [3.8, 4) is 0 Å². The Balaban J connectivity index is 1.44. The maximum absolute atomic E-state index is 11.0. The minimum atomic E-state index is -0.511. The summed E-state index contributed by atoms with van der Waals surface area (Å²) in [6, 6.07) is 5.60. The van der Waals surface area contributed by atoms with Crippen LogP contribution in [-0.2, 0) is 16.0 Å². The minimum absolute atomic E-state index is 0.0996. The second kappa shape index (κ2) is 7.03. The van der Waals surface area contributed by atoms with Gasteiger partial charge in [0.25, 0.3) is 0 Å². The molecule has 3 saturated heterocycles. The Morgan fingerprint density at radius 2 is 2.12 bits per heavy atom. The standard InChI is InChI=1S/C17H26N4O3/c1-20-6-8-21(9-7-20)15-16(22)14(13-11-23-17(15)24-13)19-10-12-4-2-3-5-18-12/h2-5,13-17,19,22H,6-11H2,1H3. The molecule has 1 aromatic rings. The number of nitrogens with one attached hydrogen (secondary N) is 1. The number of hydrogen-bond donors (Lipinski definition) is 2. The average molecular weight is 334 g/mol. The highest BCUT2D eigenvalue weighted by Gasteiger charge is 2.52. The molecular formula is C17H26N4O3. The topological polar surface area (TPSA) is 70.1 Å². The van der Waals surface area contributed by atoms with E-state index in [-0.39, 0.29) is 24.5 Å². The van der Waals surface area contributed by atoms with Gasteiger partial charge in [0.2, 0.25) is 0 Å². The third-order valence-electron chi connectivity index (χ3n) is 5.34. The fourth-order valence-corrected chi connectivity index (χ4v) is 3.89. The van der Waals surface area contributed by atoms with Gasteiger partial charge in [-0.25, -0.2) is 0 Å². The van der Waals surface area contributed by atoms with Gasteiger partial charge >= 0.3 is 0 Å². The number of ether oxygens (including phenoxy) is 2. The second-order valence-electron chi connectivity index (χ2n) is 6.92. The molecule has 1 aromatic heterocycles. The molecule has 3 aliphatic rings. The van der Waals surface area contributed by atoms with Crippen LogP contribution in [0.4, 0.5) is 0 Å². The number of aliphatic hydroxyl groups excluding tert-OH is 1. The van der Waals surface area contributed by atoms with Crippen LogP contribution in [0.25, 0.3) is 0 Å². The van der Waals surface area contributed by atoms with Crippen LogP contribution in [0, 0.1) is 0 Å². The molecule has 0 radical (unpaired) electrons. The van der Waals surface area contributed by atoms with Crippen LogP contribution in [0.3, 0.4) is 0 Å². The molecule has 2 N–H and O–H groups in total. The summed E-state index contributed by atoms with van der Waals surface area (Å²) in [6.07, 6.45) is 0.856. The van der Waals surface area contributed by atoms with Crippen LogP contribution in [0.1, 0.15) is 5.69 Å². The highest BCUT2D eigenvalue weighted by molar-refractivity contribution is 5.06. The van der Waals surface area contributed by atoms with E-state index in [1.54, 1.807) is 6.20 Å². The van der Waals surface area contributed by atoms with Crippen molar-refractivity contribution in [3.63, 3.8) is 0 Å². The van der Waals surface area contributed by atoms with Crippen molar-refractivity contribution in [2.45, 2.75) is 37.1 Å². The molecule has 0 saturated carbocycles. The molecule has 3 fully saturated rings. The minimum Gasteiger partial charge on any atom is -0.390 e. The summed E-state index contributed by atoms with van der Waals surface area (Å²) < 4.78 is 11.9. The number of pyridine rings is 1. The summed E-state index contributed by atoms with van der Waals surface area (Å²) in [5.74, 6) is 0. The van der Waals surface area contributed by atoms with Gasteiger partial charge in [0.15, 0.2) is 6.29 Å². The normalized spacial score (nSPS) is 37.7. The molecule has 2 bridgehead atoms. The number of fused-ring (bicyclic) bond motifs is 2. The zero-order valence-corrected chi connectivity index (χ0v) is 14.0. The van der Waals surface area contributed by atoms with Gasteiger partial charge in [-0.3, -0.25) is 9.88 Å². The van der Waals surface area contributed by atoms with Crippen LogP contribution in [0.5, 0.6) is 0 Å². The summed E-state index contributed by atoms with van der Waals surface area (Å²) in [7, 11) is 2.13. The van der Waals surface area contributed by atoms with Crippen LogP contribution < -0.4 is 5.32 Å². The lowest BCUT2D eigenvalue weighted by Gasteiger charge is -2.46. The first-order valence-electron chi connectivity index (χ1n) is 8.73. The Hall–Kier alpha value is -1.09. The Morgan fingerprint density at radius 1 is 1.29 bits per heavy atom. The van der Waals surface area contributed by atoms with Gasteiger partial charge in [0.05, 0.1) is 30.5 Å². The molecule has 0 spiro atoms. The molecule has 24 heavy (non-hydrogen) atoms. The third-order valence-corrected chi connectivity index (χ3v) is 5.34. The first kappa shape index (κ1) is 16.4. The third kappa shape index (κ3) is 3.20. The lowest BCUT2D eigenvalue weighted by molar-refractivity contribution is -0.186. The summed E-state index contributed by atoms with van der Waals surface area (Å²) in [5.41, 5.74) is 0.960. The molecule has 4 heterocycles. The zero-order valence-electron chi connectivity index (χ0n) is 14.0. The largest absolute Gasteiger partial charge is 0.390 e. The summed E-state index contributed by atoms with van der Waals surface area (Å²) in [4.78, 5) is 8.95. The number of aliphatic hydroxyl groups is 1. The summed E-state index contributed by atoms with van der Waals surface area (Å²) in [5, 5.41) is 14.4. The predicted octanol–water partition coefficient (Wildman–Crippen LogP) is -0.728. The number of piperazine rings is 1. The number of likely N-dealkylation sites (N-methyl/N-ethyl adjacent to an activating group) is 1. The smallest absolute Gasteiger partial charge is 0.176 e. The molecule has 0 amide bonds. The molecule has 7 nitrogen and oxygen atoms in total. The molecule has 3 aliphatic heterocycles. The molecular weight excluding hydrogens is 308 g/mol. The van der Waals surface area contributed by atoms with Gasteiger partial charge in [0, 0.05) is 38.9 Å². The monoisotopic (exact) mass is 334 g/mol. The van der Waals surface area contributed by atoms with E-state index >= 15 is 0 Å². The van der Waals surface area contributed by atoms with Crippen LogP contribution in [-0.4, -0.2) is 90.3 Å². The van der Waals surface area contributed by atoms with Gasteiger partial charge in [-0.15, -0.1) is 0 Å². The van der Waals surface area contributed by atoms with E-state index in [0.717, 1.165) is 31.9 Å². The van der Waals surface area contributed by atoms with Crippen molar-refractivity contribution in [2.24, 2.45) is 0 Å². The van der Waals surface area contributed by atoms with Crippen LogP contribution in [0.15, 0.2) is 24.4 Å². The molecule has 0 aliphatic carbocycles. The van der Waals surface area contributed by atoms with E-state index in [2.05, 4.69) is 27.1 Å². The van der Waals surface area contributed by atoms with Crippen molar-refractivity contribution in [3.05, 3.63) is 30.1 Å². The Morgan fingerprint density at radius 3 is 2.88 bits per heavy atom. The van der Waals surface area contributed by atoms with E-state index in [1.807, 2.05) is 18.2 Å². The van der Waals surface area contributed by atoms with E-state index in [9.17, 15) is 5.11 Å². The summed E-state index contributed by atoms with van der Waals surface area (Å²) >= 11 is 0. The van der Waals surface area contributed by atoms with E-state index in [0.29, 0.717) is 13.2 Å². The highest BCUT2D eigenvalue weighted by atomic mass is 16.7. The second-order valence-corrected chi connectivity index (χ2v) is 6.92. The molecule has 5 unspecified atom stereocenters. The lowest BCUT2D eigenvalue weighted by atomic mass is 9.94. The summed E-state index contributed by atoms with van der Waals surface area (Å²) in [6.45, 7) is 5.02. The zero-order chi connectivity index (χ0) is 16.5. The molecule has 5 atom stereocenters. The maximum atomic E-state index is 11.0.